The second kappa shape index (κ2) is 7.30. The van der Waals surface area contributed by atoms with Gasteiger partial charge in [-0.15, -0.1) is 0 Å². The number of benzene rings is 1. The van der Waals surface area contributed by atoms with Crippen LogP contribution in [0.5, 0.6) is 0 Å². The normalized spacial score (nSPS) is 20.1. The van der Waals surface area contributed by atoms with E-state index in [2.05, 4.69) is 10.3 Å². The third-order valence-corrected chi connectivity index (χ3v) is 5.98. The molecule has 1 aromatic carbocycles. The maximum Gasteiger partial charge on any atom is 0.254 e. The highest BCUT2D eigenvalue weighted by atomic mass is 19.2. The molecule has 1 N–H and O–H groups in total. The zero-order valence-electron chi connectivity index (χ0n) is 15.3. The summed E-state index contributed by atoms with van der Waals surface area (Å²) in [7, 11) is 0. The topological polar surface area (TPSA) is 62.3 Å². The molecule has 1 saturated carbocycles. The minimum absolute atomic E-state index is 0.0721. The summed E-state index contributed by atoms with van der Waals surface area (Å²) >= 11 is 0. The molecule has 0 radical (unpaired) electrons. The van der Waals surface area contributed by atoms with Gasteiger partial charge in [-0.05, 0) is 48.7 Å². The Morgan fingerprint density at radius 1 is 1.14 bits per heavy atom. The Morgan fingerprint density at radius 3 is 2.54 bits per heavy atom. The lowest BCUT2D eigenvalue weighted by atomic mass is 9.62. The van der Waals surface area contributed by atoms with Crippen molar-refractivity contribution in [1.82, 2.24) is 15.2 Å². The molecule has 1 unspecified atom stereocenters. The average Bonchev–Trinajstić information content (AvgIpc) is 3.10. The van der Waals surface area contributed by atoms with Gasteiger partial charge in [-0.3, -0.25) is 14.6 Å². The predicted octanol–water partition coefficient (Wildman–Crippen LogP) is 2.92. The molecule has 5 nitrogen and oxygen atoms in total. The van der Waals surface area contributed by atoms with E-state index in [9.17, 15) is 18.4 Å². The summed E-state index contributed by atoms with van der Waals surface area (Å²) in [5, 5.41) is 2.97. The van der Waals surface area contributed by atoms with Gasteiger partial charge < -0.3 is 10.2 Å². The molecule has 1 atom stereocenters. The molecule has 7 heteroatoms. The number of nitrogens with zero attached hydrogens (tertiary/aromatic N) is 2. The van der Waals surface area contributed by atoms with E-state index in [0.717, 1.165) is 37.0 Å². The van der Waals surface area contributed by atoms with Crippen molar-refractivity contribution < 1.29 is 18.4 Å². The molecule has 2 aromatic rings. The van der Waals surface area contributed by atoms with Gasteiger partial charge in [0.2, 0.25) is 5.91 Å². The predicted molar refractivity (Wildman–Crippen MR) is 98.1 cm³/mol. The molecular formula is C21H21F2N3O2. The molecule has 28 heavy (non-hydrogen) atoms. The van der Waals surface area contributed by atoms with Crippen molar-refractivity contribution in [3.05, 3.63) is 65.5 Å². The van der Waals surface area contributed by atoms with Gasteiger partial charge in [0, 0.05) is 43.0 Å². The van der Waals surface area contributed by atoms with Crippen molar-refractivity contribution in [2.24, 2.45) is 11.3 Å². The molecule has 0 bridgehead atoms. The number of amides is 2. The Balaban J connectivity index is 1.47. The Hall–Kier alpha value is -2.83. The highest BCUT2D eigenvalue weighted by Gasteiger charge is 2.54. The lowest BCUT2D eigenvalue weighted by Gasteiger charge is -2.41. The van der Waals surface area contributed by atoms with Crippen molar-refractivity contribution >= 4 is 11.8 Å². The molecule has 2 aliphatic rings. The van der Waals surface area contributed by atoms with Gasteiger partial charge in [0.05, 0.1) is 5.92 Å². The molecule has 2 heterocycles. The number of carbonyl (C=O) groups excluding carboxylic acids is 2. The van der Waals surface area contributed by atoms with Crippen molar-refractivity contribution in [2.75, 3.05) is 13.1 Å². The van der Waals surface area contributed by atoms with E-state index in [1.165, 1.54) is 6.07 Å². The zero-order chi connectivity index (χ0) is 19.7. The number of aromatic nitrogens is 1. The Labute approximate surface area is 161 Å². The maximum absolute atomic E-state index is 13.5. The first-order valence-electron chi connectivity index (χ1n) is 9.39. The number of likely N-dealkylation sites (tertiary alicyclic amines) is 1. The van der Waals surface area contributed by atoms with Gasteiger partial charge in [-0.2, -0.15) is 0 Å². The fourth-order valence-corrected chi connectivity index (χ4v) is 4.25. The van der Waals surface area contributed by atoms with Crippen molar-refractivity contribution in [2.45, 2.75) is 25.8 Å². The molecule has 2 amide bonds. The summed E-state index contributed by atoms with van der Waals surface area (Å²) in [6.07, 6.45) is 6.16. The minimum Gasteiger partial charge on any atom is -0.352 e. The summed E-state index contributed by atoms with van der Waals surface area (Å²) in [5.74, 6) is -2.76. The summed E-state index contributed by atoms with van der Waals surface area (Å²) in [5.41, 5.74) is 0.848. The number of rotatable bonds is 4. The monoisotopic (exact) mass is 385 g/mol. The van der Waals surface area contributed by atoms with Gasteiger partial charge in [0.15, 0.2) is 11.6 Å². The van der Waals surface area contributed by atoms with Crippen LogP contribution in [0.4, 0.5) is 8.78 Å². The highest BCUT2D eigenvalue weighted by molar-refractivity contribution is 5.95. The second-order valence-electron chi connectivity index (χ2n) is 7.66. The van der Waals surface area contributed by atoms with E-state index in [4.69, 9.17) is 0 Å². The van der Waals surface area contributed by atoms with Crippen LogP contribution in [0.15, 0.2) is 42.7 Å². The van der Waals surface area contributed by atoms with Gasteiger partial charge >= 0.3 is 0 Å². The number of pyridine rings is 1. The minimum atomic E-state index is -1.05. The SMILES string of the molecule is O=C(NCc1ccncc1)C1CN(C(=O)c2ccc(F)c(F)c2)CC12CCC2. The number of halogens is 2. The molecular weight excluding hydrogens is 364 g/mol. The van der Waals surface area contributed by atoms with Crippen LogP contribution in [0.2, 0.25) is 0 Å². The van der Waals surface area contributed by atoms with Gasteiger partial charge in [0.1, 0.15) is 0 Å². The summed E-state index contributed by atoms with van der Waals surface area (Å²) in [6, 6.07) is 6.84. The Morgan fingerprint density at radius 2 is 1.89 bits per heavy atom. The molecule has 1 aromatic heterocycles. The molecule has 1 aliphatic heterocycles. The van der Waals surface area contributed by atoms with Gasteiger partial charge in [-0.1, -0.05) is 6.42 Å². The van der Waals surface area contributed by atoms with E-state index < -0.39 is 11.6 Å². The van der Waals surface area contributed by atoms with E-state index in [1.807, 2.05) is 12.1 Å². The van der Waals surface area contributed by atoms with Crippen LogP contribution >= 0.6 is 0 Å². The first kappa shape index (κ1) is 18.5. The number of hydrogen-bond acceptors (Lipinski definition) is 3. The van der Waals surface area contributed by atoms with E-state index >= 15 is 0 Å². The van der Waals surface area contributed by atoms with Crippen LogP contribution in [0.25, 0.3) is 0 Å². The summed E-state index contributed by atoms with van der Waals surface area (Å²) in [4.78, 5) is 31.2. The van der Waals surface area contributed by atoms with Crippen LogP contribution in [-0.2, 0) is 11.3 Å². The lowest BCUT2D eigenvalue weighted by molar-refractivity contribution is -0.129. The lowest BCUT2D eigenvalue weighted by Crippen LogP contribution is -2.45. The smallest absolute Gasteiger partial charge is 0.254 e. The van der Waals surface area contributed by atoms with Crippen molar-refractivity contribution in [3.8, 4) is 0 Å². The molecule has 2 fully saturated rings. The summed E-state index contributed by atoms with van der Waals surface area (Å²) < 4.78 is 26.7. The average molecular weight is 385 g/mol. The molecule has 4 rings (SSSR count). The fraction of sp³-hybridized carbons (Fsp3) is 0.381. The van der Waals surface area contributed by atoms with Crippen LogP contribution < -0.4 is 5.32 Å². The van der Waals surface area contributed by atoms with Crippen LogP contribution in [0.1, 0.15) is 35.2 Å². The quantitative estimate of drug-likeness (QED) is 0.880. The Bertz CT molecular complexity index is 900. The third-order valence-electron chi connectivity index (χ3n) is 5.98. The van der Waals surface area contributed by atoms with Crippen LogP contribution in [0, 0.1) is 23.0 Å². The molecule has 1 aliphatic carbocycles. The first-order chi connectivity index (χ1) is 13.5. The number of carbonyl (C=O) groups is 2. The third kappa shape index (κ3) is 3.37. The second-order valence-corrected chi connectivity index (χ2v) is 7.66. The highest BCUT2D eigenvalue weighted by Crippen LogP contribution is 2.52. The maximum atomic E-state index is 13.5. The largest absolute Gasteiger partial charge is 0.352 e. The van der Waals surface area contributed by atoms with Crippen molar-refractivity contribution in [1.29, 1.82) is 0 Å². The van der Waals surface area contributed by atoms with E-state index in [1.54, 1.807) is 17.3 Å². The number of hydrogen-bond donors (Lipinski definition) is 1. The molecule has 1 saturated heterocycles. The van der Waals surface area contributed by atoms with Gasteiger partial charge in [-0.25, -0.2) is 8.78 Å². The standard InChI is InChI=1S/C21H21F2N3O2/c22-17-3-2-15(10-18(17)23)20(28)26-12-16(21(13-26)6-1-7-21)19(27)25-11-14-4-8-24-9-5-14/h2-5,8-10,16H,1,6-7,11-13H2,(H,25,27). The van der Waals surface area contributed by atoms with E-state index in [-0.39, 0.29) is 28.7 Å². The van der Waals surface area contributed by atoms with Crippen molar-refractivity contribution in [3.63, 3.8) is 0 Å². The number of nitrogens with one attached hydrogen (secondary N) is 1. The molecule has 1 spiro atoms. The zero-order valence-corrected chi connectivity index (χ0v) is 15.3. The molecule has 146 valence electrons. The summed E-state index contributed by atoms with van der Waals surface area (Å²) in [6.45, 7) is 1.17. The van der Waals surface area contributed by atoms with Crippen LogP contribution in [-0.4, -0.2) is 34.8 Å². The van der Waals surface area contributed by atoms with Crippen LogP contribution in [0.3, 0.4) is 0 Å². The van der Waals surface area contributed by atoms with Gasteiger partial charge in [0.25, 0.3) is 5.91 Å². The first-order valence-corrected chi connectivity index (χ1v) is 9.39. The fourth-order valence-electron chi connectivity index (χ4n) is 4.25. The Kier molecular flexibility index (Phi) is 4.83. The van der Waals surface area contributed by atoms with E-state index in [0.29, 0.717) is 19.6 Å².